The fourth-order valence-corrected chi connectivity index (χ4v) is 1.39. The highest BCUT2D eigenvalue weighted by Crippen LogP contribution is 2.22. The first-order valence-corrected chi connectivity index (χ1v) is 5.94. The minimum atomic E-state index is -0.271. The van der Waals surface area contributed by atoms with E-state index in [-0.39, 0.29) is 29.7 Å². The zero-order valence-corrected chi connectivity index (χ0v) is 10.7. The first-order chi connectivity index (χ1) is 7.35. The van der Waals surface area contributed by atoms with E-state index in [1.165, 1.54) is 11.8 Å². The Labute approximate surface area is 101 Å². The van der Waals surface area contributed by atoms with Gasteiger partial charge in [0.05, 0.1) is 18.8 Å². The largest absolute Gasteiger partial charge is 0.346 e. The summed E-state index contributed by atoms with van der Waals surface area (Å²) in [5, 5.41) is 4.99. The van der Waals surface area contributed by atoms with E-state index in [1.807, 2.05) is 20.8 Å². The fraction of sp³-hybridized carbons (Fsp3) is 0.636. The number of thioether (sulfide) groups is 1. The maximum absolute atomic E-state index is 11.3. The Morgan fingerprint density at radius 2 is 1.88 bits per heavy atom. The molecule has 0 radical (unpaired) electrons. The molecule has 0 heterocycles. The van der Waals surface area contributed by atoms with E-state index in [4.69, 9.17) is 6.42 Å². The highest BCUT2D eigenvalue weighted by atomic mass is 32.2. The Morgan fingerprint density at radius 3 is 2.38 bits per heavy atom. The summed E-state index contributed by atoms with van der Waals surface area (Å²) in [7, 11) is 0. The highest BCUT2D eigenvalue weighted by molar-refractivity contribution is 8.01. The number of amides is 2. The molecule has 0 saturated heterocycles. The summed E-state index contributed by atoms with van der Waals surface area (Å²) < 4.78 is 0.0447. The van der Waals surface area contributed by atoms with Crippen molar-refractivity contribution in [3.05, 3.63) is 0 Å². The van der Waals surface area contributed by atoms with Crippen LogP contribution in [-0.2, 0) is 9.59 Å². The molecule has 0 rings (SSSR count). The number of carbonyl (C=O) groups excluding carboxylic acids is 2. The second-order valence-corrected chi connectivity index (χ2v) is 5.96. The van der Waals surface area contributed by atoms with Gasteiger partial charge in [-0.3, -0.25) is 9.59 Å². The summed E-state index contributed by atoms with van der Waals surface area (Å²) >= 11 is 1.54. The van der Waals surface area contributed by atoms with Gasteiger partial charge in [-0.25, -0.2) is 0 Å². The quantitative estimate of drug-likeness (QED) is 0.685. The molecule has 5 heteroatoms. The lowest BCUT2D eigenvalue weighted by Crippen LogP contribution is -2.38. The molecule has 0 spiro atoms. The van der Waals surface area contributed by atoms with Crippen LogP contribution in [0.15, 0.2) is 0 Å². The van der Waals surface area contributed by atoms with E-state index < -0.39 is 0 Å². The van der Waals surface area contributed by atoms with Crippen molar-refractivity contribution in [3.63, 3.8) is 0 Å². The van der Waals surface area contributed by atoms with Crippen molar-refractivity contribution >= 4 is 23.6 Å². The summed E-state index contributed by atoms with van der Waals surface area (Å²) in [4.78, 5) is 22.4. The predicted octanol–water partition coefficient (Wildman–Crippen LogP) is 0.384. The maximum Gasteiger partial charge on any atom is 0.240 e. The van der Waals surface area contributed by atoms with Crippen LogP contribution in [0.4, 0.5) is 0 Å². The van der Waals surface area contributed by atoms with Gasteiger partial charge in [-0.2, -0.15) is 0 Å². The van der Waals surface area contributed by atoms with Gasteiger partial charge in [0.15, 0.2) is 0 Å². The maximum atomic E-state index is 11.3. The Morgan fingerprint density at radius 1 is 1.25 bits per heavy atom. The van der Waals surface area contributed by atoms with Crippen molar-refractivity contribution < 1.29 is 9.59 Å². The molecule has 0 aliphatic rings. The molecule has 0 saturated carbocycles. The molecule has 2 amide bonds. The lowest BCUT2D eigenvalue weighted by molar-refractivity contribution is -0.124. The van der Waals surface area contributed by atoms with E-state index in [9.17, 15) is 9.59 Å². The molecule has 0 atom stereocenters. The molecular formula is C11H18N2O2S. The number of nitrogens with one attached hydrogen (secondary N) is 2. The molecule has 0 fully saturated rings. The van der Waals surface area contributed by atoms with E-state index in [0.717, 1.165) is 0 Å². The smallest absolute Gasteiger partial charge is 0.240 e. The van der Waals surface area contributed by atoms with E-state index in [1.54, 1.807) is 0 Å². The molecule has 0 aliphatic carbocycles. The SMILES string of the molecule is C#CCNC(=O)CNC(=O)CSC(C)(C)C. The van der Waals surface area contributed by atoms with Crippen molar-refractivity contribution in [2.24, 2.45) is 0 Å². The van der Waals surface area contributed by atoms with Crippen molar-refractivity contribution in [3.8, 4) is 12.3 Å². The minimum Gasteiger partial charge on any atom is -0.346 e. The van der Waals surface area contributed by atoms with Crippen LogP contribution in [-0.4, -0.2) is 35.4 Å². The highest BCUT2D eigenvalue weighted by Gasteiger charge is 2.13. The van der Waals surface area contributed by atoms with E-state index in [2.05, 4.69) is 16.6 Å². The first-order valence-electron chi connectivity index (χ1n) is 4.96. The van der Waals surface area contributed by atoms with Gasteiger partial charge in [-0.05, 0) is 0 Å². The van der Waals surface area contributed by atoms with Gasteiger partial charge in [0.2, 0.25) is 11.8 Å². The predicted molar refractivity (Wildman–Crippen MR) is 67.1 cm³/mol. The monoisotopic (exact) mass is 242 g/mol. The third-order valence-electron chi connectivity index (χ3n) is 1.47. The Hall–Kier alpha value is -1.15. The second-order valence-electron chi connectivity index (χ2n) is 4.16. The van der Waals surface area contributed by atoms with Crippen LogP contribution in [0, 0.1) is 12.3 Å². The van der Waals surface area contributed by atoms with Crippen molar-refractivity contribution in [2.75, 3.05) is 18.8 Å². The summed E-state index contributed by atoms with van der Waals surface area (Å²) in [5.41, 5.74) is 0. The van der Waals surface area contributed by atoms with Gasteiger partial charge < -0.3 is 10.6 Å². The third kappa shape index (κ3) is 9.41. The van der Waals surface area contributed by atoms with Gasteiger partial charge in [0, 0.05) is 4.75 Å². The van der Waals surface area contributed by atoms with E-state index in [0.29, 0.717) is 5.75 Å². The molecule has 0 bridgehead atoms. The van der Waals surface area contributed by atoms with E-state index >= 15 is 0 Å². The molecular weight excluding hydrogens is 224 g/mol. The molecule has 0 aromatic rings. The van der Waals surface area contributed by atoms with Crippen LogP contribution in [0.3, 0.4) is 0 Å². The van der Waals surface area contributed by atoms with Crippen LogP contribution in [0.2, 0.25) is 0 Å². The van der Waals surface area contributed by atoms with Gasteiger partial charge in [-0.1, -0.05) is 26.7 Å². The van der Waals surface area contributed by atoms with Crippen molar-refractivity contribution in [1.29, 1.82) is 0 Å². The molecule has 90 valence electrons. The summed E-state index contributed by atoms with van der Waals surface area (Å²) in [6.07, 6.45) is 4.97. The van der Waals surface area contributed by atoms with Gasteiger partial charge in [0.1, 0.15) is 0 Å². The fourth-order valence-electron chi connectivity index (χ4n) is 0.724. The van der Waals surface area contributed by atoms with Crippen LogP contribution < -0.4 is 10.6 Å². The molecule has 0 unspecified atom stereocenters. The number of hydrogen-bond acceptors (Lipinski definition) is 3. The lowest BCUT2D eigenvalue weighted by Gasteiger charge is -2.16. The number of terminal acetylenes is 1. The zero-order chi connectivity index (χ0) is 12.6. The summed E-state index contributed by atoms with van der Waals surface area (Å²) in [6, 6.07) is 0. The molecule has 4 nitrogen and oxygen atoms in total. The summed E-state index contributed by atoms with van der Waals surface area (Å²) in [6.45, 7) is 6.26. The van der Waals surface area contributed by atoms with Gasteiger partial charge in [0.25, 0.3) is 0 Å². The van der Waals surface area contributed by atoms with Crippen LogP contribution >= 0.6 is 11.8 Å². The average molecular weight is 242 g/mol. The molecule has 2 N–H and O–H groups in total. The number of carbonyl (C=O) groups is 2. The molecule has 0 aromatic carbocycles. The minimum absolute atomic E-state index is 0.0226. The third-order valence-corrected chi connectivity index (χ3v) is 2.74. The van der Waals surface area contributed by atoms with Crippen LogP contribution in [0.1, 0.15) is 20.8 Å². The molecule has 16 heavy (non-hydrogen) atoms. The number of hydrogen-bond donors (Lipinski definition) is 2. The van der Waals surface area contributed by atoms with Gasteiger partial charge >= 0.3 is 0 Å². The van der Waals surface area contributed by atoms with Crippen molar-refractivity contribution in [2.45, 2.75) is 25.5 Å². The Bertz CT molecular complexity index is 289. The molecule has 0 aromatic heterocycles. The first kappa shape index (κ1) is 14.8. The summed E-state index contributed by atoms with van der Waals surface area (Å²) in [5.74, 6) is 2.22. The Balaban J connectivity index is 3.66. The average Bonchev–Trinajstić information content (AvgIpc) is 2.19. The standard InChI is InChI=1S/C11H18N2O2S/c1-5-6-12-9(14)7-13-10(15)8-16-11(2,3)4/h1H,6-8H2,2-4H3,(H,12,14)(H,13,15). The van der Waals surface area contributed by atoms with Crippen LogP contribution in [0.5, 0.6) is 0 Å². The van der Waals surface area contributed by atoms with Crippen molar-refractivity contribution in [1.82, 2.24) is 10.6 Å². The lowest BCUT2D eigenvalue weighted by atomic mass is 10.3. The Kier molecular flexibility index (Phi) is 6.66. The molecule has 0 aliphatic heterocycles. The van der Waals surface area contributed by atoms with Crippen LogP contribution in [0.25, 0.3) is 0 Å². The second kappa shape index (κ2) is 7.18. The van der Waals surface area contributed by atoms with Gasteiger partial charge in [-0.15, -0.1) is 18.2 Å². The topological polar surface area (TPSA) is 58.2 Å². The normalized spacial score (nSPS) is 10.4. The zero-order valence-electron chi connectivity index (χ0n) is 9.92. The number of rotatable bonds is 5.